The van der Waals surface area contributed by atoms with Crippen molar-refractivity contribution in [2.24, 2.45) is 0 Å². The number of fused-ring (bicyclic) bond motifs is 1. The van der Waals surface area contributed by atoms with Crippen LogP contribution in [-0.4, -0.2) is 40.8 Å². The molecule has 1 fully saturated rings. The molecule has 1 aromatic carbocycles. The van der Waals surface area contributed by atoms with Crippen LogP contribution in [0, 0.1) is 0 Å². The number of hydrogen-bond acceptors (Lipinski definition) is 8. The summed E-state index contributed by atoms with van der Waals surface area (Å²) in [7, 11) is 0. The van der Waals surface area contributed by atoms with Crippen molar-refractivity contribution >= 4 is 17.1 Å². The van der Waals surface area contributed by atoms with Crippen LogP contribution in [0.3, 0.4) is 0 Å². The van der Waals surface area contributed by atoms with E-state index in [0.29, 0.717) is 24.2 Å². The number of nitrogens with zero attached hydrogens (tertiary/aromatic N) is 3. The molecule has 0 bridgehead atoms. The van der Waals surface area contributed by atoms with Gasteiger partial charge in [0.15, 0.2) is 17.9 Å². The van der Waals surface area contributed by atoms with E-state index in [1.165, 1.54) is 10.9 Å². The van der Waals surface area contributed by atoms with E-state index < -0.39 is 16.9 Å². The van der Waals surface area contributed by atoms with E-state index in [9.17, 15) is 20.1 Å². The van der Waals surface area contributed by atoms with Crippen LogP contribution in [0.2, 0.25) is 0 Å². The Morgan fingerprint density at radius 2 is 2.04 bits per heavy atom. The third-order valence-electron chi connectivity index (χ3n) is 5.10. The first-order chi connectivity index (χ1) is 12.8. The van der Waals surface area contributed by atoms with Gasteiger partial charge in [0.1, 0.15) is 12.1 Å². The number of nitrogens with two attached hydrogens (primary N) is 1. The minimum Gasteiger partial charge on any atom is -0.472 e. The maximum Gasteiger partial charge on any atom is 0.285 e. The number of ether oxygens (including phenoxy) is 1. The molecule has 142 valence electrons. The second-order valence-electron chi connectivity index (χ2n) is 6.68. The smallest absolute Gasteiger partial charge is 0.285 e. The van der Waals surface area contributed by atoms with Gasteiger partial charge in [0, 0.05) is 5.56 Å². The van der Waals surface area contributed by atoms with Crippen molar-refractivity contribution in [3.63, 3.8) is 0 Å². The molecular formula is C17H19N5O5. The van der Waals surface area contributed by atoms with E-state index in [1.54, 1.807) is 24.3 Å². The first kappa shape index (κ1) is 17.5. The topological polar surface area (TPSA) is 160 Å². The molecule has 6 N–H and O–H groups in total. The number of benzene rings is 1. The summed E-state index contributed by atoms with van der Waals surface area (Å²) in [5, 5.41) is 29.7. The Morgan fingerprint density at radius 3 is 2.70 bits per heavy atom. The predicted molar refractivity (Wildman–Crippen MR) is 94.5 cm³/mol. The van der Waals surface area contributed by atoms with E-state index in [2.05, 4.69) is 15.0 Å². The molecule has 4 rings (SSSR count). The van der Waals surface area contributed by atoms with Gasteiger partial charge in [-0.2, -0.15) is 4.98 Å². The number of imidazole rings is 1. The molecule has 2 aromatic heterocycles. The molecule has 3 aromatic rings. The van der Waals surface area contributed by atoms with Crippen molar-refractivity contribution in [1.29, 1.82) is 0 Å². The average Bonchev–Trinajstić information content (AvgIpc) is 2.94. The van der Waals surface area contributed by atoms with Crippen molar-refractivity contribution in [2.75, 3.05) is 5.73 Å². The molecule has 10 heteroatoms. The average molecular weight is 373 g/mol. The fourth-order valence-electron chi connectivity index (χ4n) is 3.51. The van der Waals surface area contributed by atoms with Crippen molar-refractivity contribution in [2.45, 2.75) is 37.4 Å². The normalized spacial score (nSPS) is 16.3. The number of aromatic amines is 1. The lowest BCUT2D eigenvalue weighted by molar-refractivity contribution is -0.365. The minimum atomic E-state index is -2.85. The predicted octanol–water partition coefficient (Wildman–Crippen LogP) is -0.209. The summed E-state index contributed by atoms with van der Waals surface area (Å²) in [6, 6.07) is 6.85. The second-order valence-corrected chi connectivity index (χ2v) is 6.68. The van der Waals surface area contributed by atoms with Gasteiger partial charge in [-0.1, -0.05) is 24.6 Å². The Kier molecular flexibility index (Phi) is 3.91. The van der Waals surface area contributed by atoms with Crippen molar-refractivity contribution in [3.8, 4) is 5.75 Å². The van der Waals surface area contributed by atoms with E-state index in [1.807, 2.05) is 0 Å². The largest absolute Gasteiger partial charge is 0.472 e. The summed E-state index contributed by atoms with van der Waals surface area (Å²) in [5.41, 5.74) is 4.83. The third-order valence-corrected chi connectivity index (χ3v) is 5.10. The van der Waals surface area contributed by atoms with Crippen molar-refractivity contribution < 1.29 is 20.1 Å². The fourth-order valence-corrected chi connectivity index (χ4v) is 3.51. The zero-order valence-electron chi connectivity index (χ0n) is 14.3. The molecule has 0 unspecified atom stereocenters. The summed E-state index contributed by atoms with van der Waals surface area (Å²) in [4.78, 5) is 22.3. The SMILES string of the molecule is Nc1nc2c(ncn2COc2ccccc2C2(C(O)(O)O)CCC2)c(=O)[nH]1. The van der Waals surface area contributed by atoms with Gasteiger partial charge in [-0.25, -0.2) is 4.98 Å². The highest BCUT2D eigenvalue weighted by Gasteiger charge is 2.55. The third kappa shape index (κ3) is 2.74. The number of anilines is 1. The quantitative estimate of drug-likeness (QED) is 0.384. The van der Waals surface area contributed by atoms with Gasteiger partial charge >= 0.3 is 0 Å². The summed E-state index contributed by atoms with van der Waals surface area (Å²) in [6.07, 6.45) is 3.00. The van der Waals surface area contributed by atoms with Crippen LogP contribution >= 0.6 is 0 Å². The molecule has 1 aliphatic carbocycles. The van der Waals surface area contributed by atoms with E-state index in [-0.39, 0.29) is 23.8 Å². The first-order valence-corrected chi connectivity index (χ1v) is 8.42. The van der Waals surface area contributed by atoms with E-state index in [0.717, 1.165) is 6.42 Å². The number of H-pyrrole nitrogens is 1. The first-order valence-electron chi connectivity index (χ1n) is 8.42. The van der Waals surface area contributed by atoms with Crippen molar-refractivity contribution in [1.82, 2.24) is 19.5 Å². The van der Waals surface area contributed by atoms with Gasteiger partial charge in [0.2, 0.25) is 5.95 Å². The number of hydrogen-bond donors (Lipinski definition) is 5. The lowest BCUT2D eigenvalue weighted by Gasteiger charge is -2.47. The Labute approximate surface area is 152 Å². The maximum atomic E-state index is 11.9. The van der Waals surface area contributed by atoms with Crippen LogP contribution in [0.15, 0.2) is 35.4 Å². The summed E-state index contributed by atoms with van der Waals surface area (Å²) < 4.78 is 7.35. The molecular weight excluding hydrogens is 354 g/mol. The Bertz CT molecular complexity index is 1050. The number of aliphatic hydroxyl groups is 3. The molecule has 10 nitrogen and oxygen atoms in total. The molecule has 27 heavy (non-hydrogen) atoms. The maximum absolute atomic E-state index is 11.9. The fraction of sp³-hybridized carbons (Fsp3) is 0.353. The summed E-state index contributed by atoms with van der Waals surface area (Å²) in [6.45, 7) is -0.0330. The zero-order chi connectivity index (χ0) is 19.2. The van der Waals surface area contributed by atoms with Crippen molar-refractivity contribution in [3.05, 3.63) is 46.5 Å². The highest BCUT2D eigenvalue weighted by Crippen LogP contribution is 2.52. The Balaban J connectivity index is 1.67. The standard InChI is InChI=1S/C17H19N5O5/c18-15-20-13-12(14(23)21-15)19-8-22(13)9-27-11-5-2-1-4-10(11)16(6-3-7-16)17(24,25)26/h1-2,4-5,8,24-26H,3,6-7,9H2,(H3,18,20,21,23). The number of rotatable bonds is 5. The number of nitrogens with one attached hydrogen (secondary N) is 1. The highest BCUT2D eigenvalue weighted by atomic mass is 16.7. The zero-order valence-corrected chi connectivity index (χ0v) is 14.3. The van der Waals surface area contributed by atoms with E-state index in [4.69, 9.17) is 10.5 Å². The van der Waals surface area contributed by atoms with Crippen LogP contribution in [0.25, 0.3) is 11.2 Å². The molecule has 1 saturated carbocycles. The highest BCUT2D eigenvalue weighted by molar-refractivity contribution is 5.70. The molecule has 1 aliphatic rings. The van der Waals surface area contributed by atoms with Gasteiger partial charge in [0.05, 0.1) is 5.41 Å². The van der Waals surface area contributed by atoms with E-state index >= 15 is 0 Å². The molecule has 0 aliphatic heterocycles. The molecule has 0 saturated heterocycles. The molecule has 0 amide bonds. The van der Waals surface area contributed by atoms with Crippen LogP contribution in [-0.2, 0) is 12.1 Å². The van der Waals surface area contributed by atoms with Gasteiger partial charge in [-0.3, -0.25) is 14.3 Å². The summed E-state index contributed by atoms with van der Waals surface area (Å²) in [5.74, 6) is -2.50. The molecule has 0 atom stereocenters. The number of nitrogen functional groups attached to an aromatic ring is 1. The van der Waals surface area contributed by atoms with Gasteiger partial charge < -0.3 is 25.8 Å². The Hall–Kier alpha value is -2.95. The monoisotopic (exact) mass is 373 g/mol. The second kappa shape index (κ2) is 6.05. The minimum absolute atomic E-state index is 0.0330. The van der Waals surface area contributed by atoms with Crippen LogP contribution in [0.1, 0.15) is 24.8 Å². The van der Waals surface area contributed by atoms with Gasteiger partial charge in [-0.05, 0) is 18.9 Å². The number of para-hydroxylation sites is 1. The van der Waals surface area contributed by atoms with Gasteiger partial charge in [-0.15, -0.1) is 0 Å². The van der Waals surface area contributed by atoms with Crippen LogP contribution in [0.4, 0.5) is 5.95 Å². The Morgan fingerprint density at radius 1 is 1.30 bits per heavy atom. The van der Waals surface area contributed by atoms with Crippen LogP contribution in [0.5, 0.6) is 5.75 Å². The molecule has 0 spiro atoms. The number of aromatic nitrogens is 4. The van der Waals surface area contributed by atoms with Gasteiger partial charge in [0.25, 0.3) is 11.5 Å². The van der Waals surface area contributed by atoms with Crippen LogP contribution < -0.4 is 16.0 Å². The lowest BCUT2D eigenvalue weighted by Crippen LogP contribution is -2.56. The lowest BCUT2D eigenvalue weighted by atomic mass is 9.62. The molecule has 0 radical (unpaired) electrons. The summed E-state index contributed by atoms with van der Waals surface area (Å²) >= 11 is 0. The molecule has 2 heterocycles.